The largest absolute Gasteiger partial charge is 0.489 e. The van der Waals surface area contributed by atoms with E-state index in [1.807, 2.05) is 54.6 Å². The van der Waals surface area contributed by atoms with Gasteiger partial charge in [0.05, 0.1) is 0 Å². The molecule has 0 saturated carbocycles. The highest BCUT2D eigenvalue weighted by atomic mass is 16.5. The second-order valence-corrected chi connectivity index (χ2v) is 3.35. The third kappa shape index (κ3) is 3.28. The molecule has 0 amide bonds. The number of ether oxygens (including phenoxy) is 1. The first-order valence-corrected chi connectivity index (χ1v) is 5.26. The summed E-state index contributed by atoms with van der Waals surface area (Å²) >= 11 is 0. The quantitative estimate of drug-likeness (QED) is 0.747. The Balaban J connectivity index is 1.83. The molecule has 0 bridgehead atoms. The lowest BCUT2D eigenvalue weighted by atomic mass is 10.2. The Morgan fingerprint density at radius 3 is 2.56 bits per heavy atom. The highest BCUT2D eigenvalue weighted by molar-refractivity contribution is 5.48. The summed E-state index contributed by atoms with van der Waals surface area (Å²) in [5.74, 6) is 0.778. The van der Waals surface area contributed by atoms with Gasteiger partial charge in [-0.15, -0.1) is 0 Å². The van der Waals surface area contributed by atoms with Gasteiger partial charge in [-0.25, -0.2) is 0 Å². The van der Waals surface area contributed by atoms with Gasteiger partial charge in [0.1, 0.15) is 12.4 Å². The van der Waals surface area contributed by atoms with Crippen LogP contribution in [0.1, 0.15) is 5.56 Å². The summed E-state index contributed by atoms with van der Waals surface area (Å²) in [5, 5.41) is 0. The van der Waals surface area contributed by atoms with Crippen molar-refractivity contribution in [3.8, 4) is 5.75 Å². The Bertz CT molecular complexity index is 432. The molecule has 0 aliphatic heterocycles. The first kappa shape index (κ1) is 10.5. The van der Waals surface area contributed by atoms with Crippen LogP contribution in [0.25, 0.3) is 6.08 Å². The molecule has 0 spiro atoms. The molecule has 2 aromatic rings. The standard InChI is InChI=1S/C15H13O/c1-3-8-14(9-4-1)10-7-13-16-15-11-5-2-6-12-15/h1-11H,13H2. The maximum absolute atomic E-state index is 5.49. The van der Waals surface area contributed by atoms with E-state index in [-0.39, 0.29) is 0 Å². The minimum Gasteiger partial charge on any atom is -0.489 e. The van der Waals surface area contributed by atoms with Gasteiger partial charge in [-0.2, -0.15) is 0 Å². The molecule has 16 heavy (non-hydrogen) atoms. The van der Waals surface area contributed by atoms with Crippen molar-refractivity contribution in [2.24, 2.45) is 0 Å². The molecule has 0 aliphatic carbocycles. The van der Waals surface area contributed by atoms with Gasteiger partial charge in [0.2, 0.25) is 0 Å². The normalized spacial score (nSPS) is 10.5. The van der Waals surface area contributed by atoms with Crippen molar-refractivity contribution in [2.75, 3.05) is 6.61 Å². The van der Waals surface area contributed by atoms with Crippen molar-refractivity contribution in [2.45, 2.75) is 0 Å². The molecule has 2 rings (SSSR count). The number of para-hydroxylation sites is 1. The van der Waals surface area contributed by atoms with Crippen LogP contribution in [-0.2, 0) is 0 Å². The van der Waals surface area contributed by atoms with E-state index in [0.717, 1.165) is 5.75 Å². The molecule has 0 fully saturated rings. The van der Waals surface area contributed by atoms with Crippen LogP contribution >= 0.6 is 0 Å². The van der Waals surface area contributed by atoms with Gasteiger partial charge in [0.15, 0.2) is 0 Å². The molecule has 1 heteroatoms. The molecule has 2 aromatic carbocycles. The van der Waals surface area contributed by atoms with Crippen molar-refractivity contribution >= 4 is 6.08 Å². The summed E-state index contributed by atoms with van der Waals surface area (Å²) in [4.78, 5) is 0. The van der Waals surface area contributed by atoms with Gasteiger partial charge >= 0.3 is 0 Å². The van der Waals surface area contributed by atoms with Crippen LogP contribution in [0, 0.1) is 6.07 Å². The van der Waals surface area contributed by atoms with Crippen molar-refractivity contribution in [1.82, 2.24) is 0 Å². The maximum Gasteiger partial charge on any atom is 0.127 e. The number of benzene rings is 2. The van der Waals surface area contributed by atoms with Crippen LogP contribution in [0.2, 0.25) is 0 Å². The lowest BCUT2D eigenvalue weighted by molar-refractivity contribution is 0.363. The molecule has 79 valence electrons. The highest BCUT2D eigenvalue weighted by Gasteiger charge is 1.88. The SMILES string of the molecule is [c]1ccccc1OCC=Cc1ccccc1. The van der Waals surface area contributed by atoms with Gasteiger partial charge in [0.25, 0.3) is 0 Å². The Morgan fingerprint density at radius 2 is 1.81 bits per heavy atom. The summed E-state index contributed by atoms with van der Waals surface area (Å²) < 4.78 is 5.49. The van der Waals surface area contributed by atoms with Crippen molar-refractivity contribution in [3.63, 3.8) is 0 Å². The molecule has 0 unspecified atom stereocenters. The van der Waals surface area contributed by atoms with E-state index in [1.165, 1.54) is 5.56 Å². The van der Waals surface area contributed by atoms with E-state index in [1.54, 1.807) is 0 Å². The number of hydrogen-bond acceptors (Lipinski definition) is 1. The fourth-order valence-electron chi connectivity index (χ4n) is 1.35. The summed E-state index contributed by atoms with van der Waals surface area (Å²) in [6.07, 6.45) is 4.04. The van der Waals surface area contributed by atoms with Crippen LogP contribution in [0.4, 0.5) is 0 Å². The Labute approximate surface area is 96.0 Å². The van der Waals surface area contributed by atoms with E-state index < -0.39 is 0 Å². The zero-order chi connectivity index (χ0) is 11.1. The average Bonchev–Trinajstić information content (AvgIpc) is 2.37. The minimum absolute atomic E-state index is 0.565. The predicted octanol–water partition coefficient (Wildman–Crippen LogP) is 3.58. The third-order valence-corrected chi connectivity index (χ3v) is 2.13. The van der Waals surface area contributed by atoms with Crippen LogP contribution in [-0.4, -0.2) is 6.61 Å². The van der Waals surface area contributed by atoms with Crippen molar-refractivity contribution < 1.29 is 4.74 Å². The molecule has 0 aromatic heterocycles. The lowest BCUT2D eigenvalue weighted by Gasteiger charge is -2.00. The molecule has 1 nitrogen and oxygen atoms in total. The van der Waals surface area contributed by atoms with Gasteiger partial charge < -0.3 is 4.74 Å². The van der Waals surface area contributed by atoms with E-state index in [4.69, 9.17) is 4.74 Å². The predicted molar refractivity (Wildman–Crippen MR) is 66.2 cm³/mol. The molecule has 0 heterocycles. The average molecular weight is 209 g/mol. The molecule has 0 N–H and O–H groups in total. The zero-order valence-electron chi connectivity index (χ0n) is 8.97. The highest BCUT2D eigenvalue weighted by Crippen LogP contribution is 2.07. The van der Waals surface area contributed by atoms with Crippen LogP contribution in [0.5, 0.6) is 5.75 Å². The zero-order valence-corrected chi connectivity index (χ0v) is 8.97. The fraction of sp³-hybridized carbons (Fsp3) is 0.0667. The summed E-state index contributed by atoms with van der Waals surface area (Å²) in [6.45, 7) is 0.565. The molecule has 0 atom stereocenters. The summed E-state index contributed by atoms with van der Waals surface area (Å²) in [7, 11) is 0. The van der Waals surface area contributed by atoms with Crippen LogP contribution < -0.4 is 4.74 Å². The molecule has 1 radical (unpaired) electrons. The number of rotatable bonds is 4. The fourth-order valence-corrected chi connectivity index (χ4v) is 1.35. The first-order chi connectivity index (χ1) is 7.95. The van der Waals surface area contributed by atoms with E-state index >= 15 is 0 Å². The van der Waals surface area contributed by atoms with E-state index in [9.17, 15) is 0 Å². The van der Waals surface area contributed by atoms with Crippen molar-refractivity contribution in [1.29, 1.82) is 0 Å². The van der Waals surface area contributed by atoms with E-state index in [0.29, 0.717) is 6.61 Å². The number of hydrogen-bond donors (Lipinski definition) is 0. The maximum atomic E-state index is 5.49. The third-order valence-electron chi connectivity index (χ3n) is 2.13. The first-order valence-electron chi connectivity index (χ1n) is 5.26. The Kier molecular flexibility index (Phi) is 3.78. The Hall–Kier alpha value is -2.02. The van der Waals surface area contributed by atoms with E-state index in [2.05, 4.69) is 18.2 Å². The van der Waals surface area contributed by atoms with Crippen LogP contribution in [0.15, 0.2) is 60.7 Å². The molecular weight excluding hydrogens is 196 g/mol. The van der Waals surface area contributed by atoms with Gasteiger partial charge in [-0.05, 0) is 17.7 Å². The summed E-state index contributed by atoms with van der Waals surface area (Å²) in [5.41, 5.74) is 1.18. The molecular formula is C15H13O. The topological polar surface area (TPSA) is 9.23 Å². The monoisotopic (exact) mass is 209 g/mol. The van der Waals surface area contributed by atoms with Crippen molar-refractivity contribution in [3.05, 3.63) is 72.3 Å². The summed E-state index contributed by atoms with van der Waals surface area (Å²) in [6, 6.07) is 20.8. The van der Waals surface area contributed by atoms with Gasteiger partial charge in [0, 0.05) is 6.07 Å². The second-order valence-electron chi connectivity index (χ2n) is 3.35. The van der Waals surface area contributed by atoms with Gasteiger partial charge in [-0.3, -0.25) is 0 Å². The molecule has 0 saturated heterocycles. The molecule has 0 aliphatic rings. The van der Waals surface area contributed by atoms with Gasteiger partial charge in [-0.1, -0.05) is 54.6 Å². The minimum atomic E-state index is 0.565. The Morgan fingerprint density at radius 1 is 1.00 bits per heavy atom. The second kappa shape index (κ2) is 5.76. The lowest BCUT2D eigenvalue weighted by Crippen LogP contribution is -1.92. The smallest absolute Gasteiger partial charge is 0.127 e. The van der Waals surface area contributed by atoms with Crippen LogP contribution in [0.3, 0.4) is 0 Å².